The summed E-state index contributed by atoms with van der Waals surface area (Å²) in [5.74, 6) is -1.95. The summed E-state index contributed by atoms with van der Waals surface area (Å²) < 4.78 is 17.5. The predicted molar refractivity (Wildman–Crippen MR) is 111 cm³/mol. The Morgan fingerprint density at radius 3 is 2.27 bits per heavy atom. The van der Waals surface area contributed by atoms with Crippen molar-refractivity contribution in [1.82, 2.24) is 9.55 Å². The van der Waals surface area contributed by atoms with Crippen molar-refractivity contribution in [3.63, 3.8) is 0 Å². The van der Waals surface area contributed by atoms with Gasteiger partial charge in [0.05, 0.1) is 11.1 Å². The van der Waals surface area contributed by atoms with E-state index in [9.17, 15) is 24.8 Å². The van der Waals surface area contributed by atoms with Crippen LogP contribution in [0.1, 0.15) is 26.9 Å². The predicted octanol–water partition coefficient (Wildman–Crippen LogP) is 2.13. The van der Waals surface area contributed by atoms with Crippen LogP contribution in [0.25, 0.3) is 0 Å². The molecule has 0 saturated carbocycles. The lowest BCUT2D eigenvalue weighted by Crippen LogP contribution is -2.37. The molecule has 11 heteroatoms. The van der Waals surface area contributed by atoms with Crippen molar-refractivity contribution >= 4 is 17.9 Å². The second kappa shape index (κ2) is 9.59. The maximum atomic E-state index is 12.6. The van der Waals surface area contributed by atoms with Gasteiger partial charge in [-0.15, -0.1) is 0 Å². The number of hydrogen-bond acceptors (Lipinski definition) is 9. The Balaban J connectivity index is 1.55. The lowest BCUT2D eigenvalue weighted by Gasteiger charge is -2.20. The number of aliphatic hydroxyl groups excluding tert-OH is 1. The minimum atomic E-state index is -1.44. The molecule has 33 heavy (non-hydrogen) atoms. The first-order valence-electron chi connectivity index (χ1n) is 9.94. The summed E-state index contributed by atoms with van der Waals surface area (Å²) in [5, 5.41) is 22.2. The largest absolute Gasteiger partial charge is 0.459 e. The maximum absolute atomic E-state index is 12.6. The molecule has 1 aliphatic rings. The van der Waals surface area contributed by atoms with Gasteiger partial charge in [0, 0.05) is 0 Å². The Labute approximate surface area is 187 Å². The molecule has 4 atom stereocenters. The van der Waals surface area contributed by atoms with E-state index in [1.54, 1.807) is 48.5 Å². The number of carbonyl (C=O) groups excluding carboxylic acids is 2. The van der Waals surface area contributed by atoms with Gasteiger partial charge in [-0.2, -0.15) is 4.57 Å². The van der Waals surface area contributed by atoms with Crippen molar-refractivity contribution in [1.29, 1.82) is 0 Å². The third-order valence-corrected chi connectivity index (χ3v) is 5.04. The van der Waals surface area contributed by atoms with Crippen molar-refractivity contribution in [2.45, 2.75) is 24.5 Å². The van der Waals surface area contributed by atoms with Gasteiger partial charge < -0.3 is 29.4 Å². The Bertz CT molecular complexity index is 1130. The summed E-state index contributed by atoms with van der Waals surface area (Å²) >= 11 is 0. The van der Waals surface area contributed by atoms with E-state index in [4.69, 9.17) is 14.2 Å². The van der Waals surface area contributed by atoms with E-state index in [1.807, 2.05) is 0 Å². The van der Waals surface area contributed by atoms with Crippen LogP contribution in [0, 0.1) is 10.1 Å². The summed E-state index contributed by atoms with van der Waals surface area (Å²) in [6, 6.07) is 16.3. The van der Waals surface area contributed by atoms with Crippen LogP contribution in [-0.4, -0.2) is 56.4 Å². The van der Waals surface area contributed by atoms with Gasteiger partial charge in [0.25, 0.3) is 0 Å². The third kappa shape index (κ3) is 4.73. The smallest absolute Gasteiger partial charge is 0.436 e. The maximum Gasteiger partial charge on any atom is 0.436 e. The lowest BCUT2D eigenvalue weighted by atomic mass is 10.1. The van der Waals surface area contributed by atoms with Crippen LogP contribution in [0.2, 0.25) is 0 Å². The van der Waals surface area contributed by atoms with Crippen molar-refractivity contribution in [2.24, 2.45) is 0 Å². The quantitative estimate of drug-likeness (QED) is 0.323. The van der Waals surface area contributed by atoms with Crippen molar-refractivity contribution in [3.8, 4) is 0 Å². The molecular formula is C22H19N3O8. The van der Waals surface area contributed by atoms with Gasteiger partial charge in [-0.3, -0.25) is 0 Å². The molecule has 1 unspecified atom stereocenters. The molecule has 1 aromatic heterocycles. The molecule has 4 rings (SSSR count). The Morgan fingerprint density at radius 2 is 1.67 bits per heavy atom. The molecule has 2 aromatic carbocycles. The Hall–Kier alpha value is -4.09. The van der Waals surface area contributed by atoms with Crippen molar-refractivity contribution in [3.05, 3.63) is 94.3 Å². The first kappa shape index (κ1) is 22.1. The van der Waals surface area contributed by atoms with Crippen LogP contribution in [-0.2, 0) is 14.2 Å². The monoisotopic (exact) mass is 453 g/mol. The van der Waals surface area contributed by atoms with Gasteiger partial charge in [-0.05, 0) is 29.2 Å². The number of rotatable bonds is 7. The van der Waals surface area contributed by atoms with Crippen LogP contribution < -0.4 is 0 Å². The number of nitrogens with zero attached hydrogens (tertiary/aromatic N) is 3. The van der Waals surface area contributed by atoms with Crippen LogP contribution in [0.15, 0.2) is 73.1 Å². The highest BCUT2D eigenvalue weighted by Gasteiger charge is 2.51. The van der Waals surface area contributed by atoms with Crippen LogP contribution in [0.3, 0.4) is 0 Å². The highest BCUT2D eigenvalue weighted by Crippen LogP contribution is 2.35. The minimum Gasteiger partial charge on any atom is -0.459 e. The SMILES string of the molecule is O=C(OC[C@H]1OC(n2ccnc2[N+](=O)[O-])[C@H](OC(=O)c2ccccc2)[C@@H]1O)c1ccccc1. The first-order chi connectivity index (χ1) is 16.0. The number of hydrogen-bond donors (Lipinski definition) is 1. The van der Waals surface area contributed by atoms with E-state index < -0.39 is 47.4 Å². The van der Waals surface area contributed by atoms with E-state index in [0.717, 1.165) is 4.57 Å². The summed E-state index contributed by atoms with van der Waals surface area (Å²) in [7, 11) is 0. The molecule has 0 bridgehead atoms. The zero-order chi connectivity index (χ0) is 23.4. The second-order valence-corrected chi connectivity index (χ2v) is 7.15. The molecule has 0 radical (unpaired) electrons. The molecule has 1 fully saturated rings. The molecule has 0 aliphatic carbocycles. The summed E-state index contributed by atoms with van der Waals surface area (Å²) in [4.78, 5) is 39.2. The Morgan fingerprint density at radius 1 is 1.06 bits per heavy atom. The molecule has 0 spiro atoms. The van der Waals surface area contributed by atoms with Gasteiger partial charge in [-0.25, -0.2) is 9.59 Å². The fourth-order valence-corrected chi connectivity index (χ4v) is 3.43. The van der Waals surface area contributed by atoms with E-state index >= 15 is 0 Å². The average molecular weight is 453 g/mol. The van der Waals surface area contributed by atoms with Gasteiger partial charge in [-0.1, -0.05) is 41.4 Å². The number of aromatic nitrogens is 2. The number of benzene rings is 2. The fraction of sp³-hybridized carbons (Fsp3) is 0.227. The number of imidazole rings is 1. The van der Waals surface area contributed by atoms with Gasteiger partial charge >= 0.3 is 17.9 Å². The van der Waals surface area contributed by atoms with E-state index in [1.165, 1.54) is 24.5 Å². The standard InChI is InChI=1S/C22H19N3O8/c26-17-16(13-31-20(27)14-7-3-1-4-8-14)32-19(24-12-11-23-22(24)25(29)30)18(17)33-21(28)15-9-5-2-6-10-15/h1-12,16-19,26H,13H2/t16-,17-,18-,19?/m1/s1. The van der Waals surface area contributed by atoms with Crippen molar-refractivity contribution in [2.75, 3.05) is 6.61 Å². The fourth-order valence-electron chi connectivity index (χ4n) is 3.43. The highest BCUT2D eigenvalue weighted by atomic mass is 16.6. The zero-order valence-electron chi connectivity index (χ0n) is 17.1. The van der Waals surface area contributed by atoms with E-state index in [2.05, 4.69) is 4.98 Å². The third-order valence-electron chi connectivity index (χ3n) is 5.04. The van der Waals surface area contributed by atoms with Crippen LogP contribution >= 0.6 is 0 Å². The Kier molecular flexibility index (Phi) is 6.43. The molecular weight excluding hydrogens is 434 g/mol. The highest BCUT2D eigenvalue weighted by molar-refractivity contribution is 5.89. The molecule has 1 N–H and O–H groups in total. The second-order valence-electron chi connectivity index (χ2n) is 7.15. The summed E-state index contributed by atoms with van der Waals surface area (Å²) in [6.07, 6.45) is -2.68. The summed E-state index contributed by atoms with van der Waals surface area (Å²) in [5.41, 5.74) is 0.529. The number of nitro groups is 1. The molecule has 2 heterocycles. The number of carbonyl (C=O) groups is 2. The van der Waals surface area contributed by atoms with Gasteiger partial charge in [0.2, 0.25) is 6.23 Å². The minimum absolute atomic E-state index is 0.225. The average Bonchev–Trinajstić information content (AvgIpc) is 3.44. The normalized spacial score (nSPS) is 22.0. The molecule has 1 aliphatic heterocycles. The number of ether oxygens (including phenoxy) is 3. The molecule has 1 saturated heterocycles. The lowest BCUT2D eigenvalue weighted by molar-refractivity contribution is -0.398. The molecule has 11 nitrogen and oxygen atoms in total. The van der Waals surface area contributed by atoms with E-state index in [0.29, 0.717) is 5.56 Å². The van der Waals surface area contributed by atoms with Crippen molar-refractivity contribution < 1.29 is 33.8 Å². The van der Waals surface area contributed by atoms with E-state index in [-0.39, 0.29) is 12.2 Å². The number of aliphatic hydroxyl groups is 1. The zero-order valence-corrected chi connectivity index (χ0v) is 17.1. The summed E-state index contributed by atoms with van der Waals surface area (Å²) in [6.45, 7) is -0.368. The number of esters is 2. The van der Waals surface area contributed by atoms with Gasteiger partial charge in [0.1, 0.15) is 31.2 Å². The van der Waals surface area contributed by atoms with Crippen LogP contribution in [0.5, 0.6) is 0 Å². The molecule has 170 valence electrons. The molecule has 0 amide bonds. The topological polar surface area (TPSA) is 143 Å². The van der Waals surface area contributed by atoms with Gasteiger partial charge in [0.15, 0.2) is 6.10 Å². The van der Waals surface area contributed by atoms with Crippen LogP contribution in [0.4, 0.5) is 5.95 Å². The first-order valence-corrected chi connectivity index (χ1v) is 9.94. The molecule has 3 aromatic rings.